The first-order valence-corrected chi connectivity index (χ1v) is 8.25. The predicted octanol–water partition coefficient (Wildman–Crippen LogP) is 1.77. The van der Waals surface area contributed by atoms with Crippen LogP contribution in [0, 0.1) is 5.41 Å². The lowest BCUT2D eigenvalue weighted by atomic mass is 9.78. The topological polar surface area (TPSA) is 58.4 Å². The number of aromatic nitrogens is 1. The van der Waals surface area contributed by atoms with Gasteiger partial charge in [0.15, 0.2) is 5.69 Å². The maximum Gasteiger partial charge on any atom is 0.276 e. The summed E-state index contributed by atoms with van der Waals surface area (Å²) in [6.45, 7) is 3.98. The van der Waals surface area contributed by atoms with Gasteiger partial charge in [0.1, 0.15) is 5.76 Å². The zero-order chi connectivity index (χ0) is 14.3. The summed E-state index contributed by atoms with van der Waals surface area (Å²) in [7, 11) is 0. The normalized spacial score (nSPS) is 24.3. The van der Waals surface area contributed by atoms with Crippen molar-refractivity contribution in [3.63, 3.8) is 0 Å². The maximum absolute atomic E-state index is 12.7. The van der Waals surface area contributed by atoms with E-state index in [2.05, 4.69) is 10.5 Å². The van der Waals surface area contributed by atoms with Crippen LogP contribution in [0.1, 0.15) is 53.9 Å². The van der Waals surface area contributed by atoms with Crippen LogP contribution in [-0.4, -0.2) is 42.1 Å². The Morgan fingerprint density at radius 1 is 1.19 bits per heavy atom. The van der Waals surface area contributed by atoms with E-state index in [1.165, 1.54) is 6.42 Å². The molecule has 0 atom stereocenters. The first-order valence-electron chi connectivity index (χ1n) is 8.25. The number of carbonyl (C=O) groups is 1. The van der Waals surface area contributed by atoms with Crippen molar-refractivity contribution >= 4 is 5.91 Å². The van der Waals surface area contributed by atoms with E-state index in [1.54, 1.807) is 0 Å². The molecule has 21 heavy (non-hydrogen) atoms. The van der Waals surface area contributed by atoms with Crippen molar-refractivity contribution in [3.8, 4) is 0 Å². The average Bonchev–Trinajstić information content (AvgIpc) is 3.15. The first kappa shape index (κ1) is 13.3. The largest absolute Gasteiger partial charge is 0.360 e. The minimum Gasteiger partial charge on any atom is -0.360 e. The van der Waals surface area contributed by atoms with Crippen molar-refractivity contribution in [1.29, 1.82) is 0 Å². The first-order chi connectivity index (χ1) is 10.3. The van der Waals surface area contributed by atoms with Gasteiger partial charge in [-0.05, 0) is 50.5 Å². The lowest BCUT2D eigenvalue weighted by molar-refractivity contribution is 0.0597. The van der Waals surface area contributed by atoms with Gasteiger partial charge in [-0.25, -0.2) is 0 Å². The van der Waals surface area contributed by atoms with E-state index < -0.39 is 0 Å². The van der Waals surface area contributed by atoms with Gasteiger partial charge in [-0.2, -0.15) is 0 Å². The minimum atomic E-state index is 0.0858. The summed E-state index contributed by atoms with van der Waals surface area (Å²) in [6, 6.07) is 0. The lowest BCUT2D eigenvalue weighted by Crippen LogP contribution is -2.44. The Kier molecular flexibility index (Phi) is 3.25. The van der Waals surface area contributed by atoms with Gasteiger partial charge >= 0.3 is 0 Å². The van der Waals surface area contributed by atoms with Gasteiger partial charge in [-0.15, -0.1) is 0 Å². The van der Waals surface area contributed by atoms with Crippen LogP contribution in [0.2, 0.25) is 0 Å². The molecule has 114 valence electrons. The Hall–Kier alpha value is -1.36. The van der Waals surface area contributed by atoms with Crippen molar-refractivity contribution in [2.75, 3.05) is 26.2 Å². The molecule has 4 rings (SSSR count). The fraction of sp³-hybridized carbons (Fsp3) is 0.750. The summed E-state index contributed by atoms with van der Waals surface area (Å²) >= 11 is 0. The molecule has 2 fully saturated rings. The predicted molar refractivity (Wildman–Crippen MR) is 78.2 cm³/mol. The highest BCUT2D eigenvalue weighted by atomic mass is 16.5. The second kappa shape index (κ2) is 5.13. The van der Waals surface area contributed by atoms with E-state index in [-0.39, 0.29) is 5.91 Å². The van der Waals surface area contributed by atoms with Crippen LogP contribution in [0.5, 0.6) is 0 Å². The molecule has 0 radical (unpaired) electrons. The van der Waals surface area contributed by atoms with Crippen molar-refractivity contribution in [2.45, 2.75) is 44.9 Å². The molecule has 0 aromatic carbocycles. The van der Waals surface area contributed by atoms with E-state index in [9.17, 15) is 4.79 Å². The summed E-state index contributed by atoms with van der Waals surface area (Å²) in [5.41, 5.74) is 2.11. The molecule has 1 aromatic rings. The van der Waals surface area contributed by atoms with Crippen LogP contribution in [0.4, 0.5) is 0 Å². The summed E-state index contributed by atoms with van der Waals surface area (Å²) in [5.74, 6) is 1.03. The number of fused-ring (bicyclic) bond motifs is 1. The van der Waals surface area contributed by atoms with Gasteiger partial charge in [0, 0.05) is 31.6 Å². The fourth-order valence-corrected chi connectivity index (χ4v) is 4.11. The van der Waals surface area contributed by atoms with Crippen LogP contribution < -0.4 is 5.32 Å². The average molecular weight is 289 g/mol. The number of likely N-dealkylation sites (tertiary alicyclic amines) is 1. The number of nitrogens with zero attached hydrogens (tertiary/aromatic N) is 2. The molecular weight excluding hydrogens is 266 g/mol. The highest BCUT2D eigenvalue weighted by Crippen LogP contribution is 2.37. The third-order valence-corrected chi connectivity index (χ3v) is 5.60. The number of rotatable bonds is 1. The number of hydrogen-bond acceptors (Lipinski definition) is 4. The van der Waals surface area contributed by atoms with Gasteiger partial charge in [0.05, 0.1) is 0 Å². The summed E-state index contributed by atoms with van der Waals surface area (Å²) in [5, 5.41) is 7.55. The van der Waals surface area contributed by atoms with E-state index in [1.807, 2.05) is 4.90 Å². The molecular formula is C16H23N3O2. The third kappa shape index (κ3) is 2.27. The van der Waals surface area contributed by atoms with Crippen molar-refractivity contribution in [3.05, 3.63) is 17.0 Å². The molecule has 5 heteroatoms. The number of carbonyl (C=O) groups excluding carboxylic acids is 1. The van der Waals surface area contributed by atoms with Crippen LogP contribution in [0.3, 0.4) is 0 Å². The molecule has 3 aliphatic rings. The number of amides is 1. The third-order valence-electron chi connectivity index (χ3n) is 5.60. The molecule has 1 aliphatic carbocycles. The quantitative estimate of drug-likeness (QED) is 0.856. The Balaban J connectivity index is 1.47. The molecule has 0 unspecified atom stereocenters. The smallest absolute Gasteiger partial charge is 0.276 e. The van der Waals surface area contributed by atoms with Crippen molar-refractivity contribution in [1.82, 2.24) is 15.4 Å². The number of aryl methyl sites for hydroxylation is 1. The zero-order valence-corrected chi connectivity index (χ0v) is 12.5. The summed E-state index contributed by atoms with van der Waals surface area (Å²) in [6.07, 6.45) is 7.66. The van der Waals surface area contributed by atoms with Crippen LogP contribution >= 0.6 is 0 Å². The molecule has 0 bridgehead atoms. The van der Waals surface area contributed by atoms with E-state index in [0.717, 1.165) is 76.0 Å². The second-order valence-corrected chi connectivity index (χ2v) is 6.86. The number of piperidine rings is 1. The zero-order valence-electron chi connectivity index (χ0n) is 12.5. The van der Waals surface area contributed by atoms with Crippen molar-refractivity contribution in [2.24, 2.45) is 5.41 Å². The van der Waals surface area contributed by atoms with E-state index in [4.69, 9.17) is 4.52 Å². The molecule has 1 spiro atoms. The Labute approximate surface area is 125 Å². The van der Waals surface area contributed by atoms with Gasteiger partial charge in [0.25, 0.3) is 5.91 Å². The Bertz CT molecular complexity index is 536. The lowest BCUT2D eigenvalue weighted by Gasteiger charge is -2.38. The SMILES string of the molecule is O=C(c1noc2c1CCCC2)N1CCC2(CCNC2)CC1. The molecule has 1 N–H and O–H groups in total. The standard InChI is InChI=1S/C16H23N3O2/c20-15(14-12-3-1-2-4-13(12)21-18-14)19-9-6-16(7-10-19)5-8-17-11-16/h17H,1-11H2. The molecule has 1 amide bonds. The highest BCUT2D eigenvalue weighted by Gasteiger charge is 2.39. The highest BCUT2D eigenvalue weighted by molar-refractivity contribution is 5.94. The monoisotopic (exact) mass is 289 g/mol. The molecule has 3 heterocycles. The molecule has 2 saturated heterocycles. The van der Waals surface area contributed by atoms with Crippen LogP contribution in [0.25, 0.3) is 0 Å². The Morgan fingerprint density at radius 2 is 2.00 bits per heavy atom. The van der Waals surface area contributed by atoms with E-state index >= 15 is 0 Å². The fourth-order valence-electron chi connectivity index (χ4n) is 4.11. The number of nitrogens with one attached hydrogen (secondary N) is 1. The molecule has 2 aliphatic heterocycles. The van der Waals surface area contributed by atoms with Gasteiger partial charge in [-0.3, -0.25) is 4.79 Å². The van der Waals surface area contributed by atoms with Crippen molar-refractivity contribution < 1.29 is 9.32 Å². The summed E-state index contributed by atoms with van der Waals surface area (Å²) in [4.78, 5) is 14.7. The second-order valence-electron chi connectivity index (χ2n) is 6.86. The minimum absolute atomic E-state index is 0.0858. The molecule has 1 aromatic heterocycles. The van der Waals surface area contributed by atoms with Crippen LogP contribution in [0.15, 0.2) is 4.52 Å². The van der Waals surface area contributed by atoms with Gasteiger partial charge in [-0.1, -0.05) is 5.16 Å². The van der Waals surface area contributed by atoms with Gasteiger partial charge < -0.3 is 14.7 Å². The van der Waals surface area contributed by atoms with E-state index in [0.29, 0.717) is 11.1 Å². The van der Waals surface area contributed by atoms with Gasteiger partial charge in [0.2, 0.25) is 0 Å². The molecule has 5 nitrogen and oxygen atoms in total. The maximum atomic E-state index is 12.7. The number of hydrogen-bond donors (Lipinski definition) is 1. The van der Waals surface area contributed by atoms with Crippen LogP contribution in [-0.2, 0) is 12.8 Å². The summed E-state index contributed by atoms with van der Waals surface area (Å²) < 4.78 is 5.38. The molecule has 0 saturated carbocycles. The Morgan fingerprint density at radius 3 is 2.76 bits per heavy atom.